The molecule has 0 spiro atoms. The third kappa shape index (κ3) is 3.16. The molecule has 3 rings (SSSR count). The van der Waals surface area contributed by atoms with Crippen molar-refractivity contribution < 1.29 is 9.53 Å². The van der Waals surface area contributed by atoms with Gasteiger partial charge < -0.3 is 14.6 Å². The number of carbonyl (C=O) groups is 1. The predicted molar refractivity (Wildman–Crippen MR) is 91.4 cm³/mol. The Bertz CT molecular complexity index is 858. The topological polar surface area (TPSA) is 69.0 Å². The number of methoxy groups -OCH3 is 1. The van der Waals surface area contributed by atoms with Crippen LogP contribution in [0.5, 0.6) is 0 Å². The van der Waals surface area contributed by atoms with Crippen LogP contribution in [0.3, 0.4) is 0 Å². The predicted octanol–water partition coefficient (Wildman–Crippen LogP) is 3.35. The molecule has 0 unspecified atom stereocenters. The van der Waals surface area contributed by atoms with Crippen molar-refractivity contribution in [1.29, 1.82) is 0 Å². The van der Waals surface area contributed by atoms with Crippen molar-refractivity contribution in [2.45, 2.75) is 13.5 Å². The summed E-state index contributed by atoms with van der Waals surface area (Å²) in [4.78, 5) is 20.5. The van der Waals surface area contributed by atoms with Gasteiger partial charge in [0, 0.05) is 13.1 Å². The second-order valence-electron chi connectivity index (χ2n) is 4.86. The minimum atomic E-state index is -0.475. The molecule has 0 radical (unpaired) electrons. The molecule has 0 saturated carbocycles. The van der Waals surface area contributed by atoms with E-state index in [4.69, 9.17) is 11.6 Å². The number of hydrogen-bond acceptors (Lipinski definition) is 6. The van der Waals surface area contributed by atoms with Gasteiger partial charge in [-0.15, -0.1) is 0 Å². The maximum Gasteiger partial charge on any atom is 0.351 e. The van der Waals surface area contributed by atoms with Crippen LogP contribution in [-0.2, 0) is 11.3 Å². The zero-order chi connectivity index (χ0) is 16.4. The number of ether oxygens (including phenoxy) is 1. The van der Waals surface area contributed by atoms with Crippen molar-refractivity contribution >= 4 is 45.1 Å². The SMILES string of the molecule is COC(=O)c1sc(NCCn2c(C)nc3ccccc32)nc1Cl. The molecule has 3 aromatic rings. The van der Waals surface area contributed by atoms with Gasteiger partial charge in [-0.1, -0.05) is 35.1 Å². The monoisotopic (exact) mass is 350 g/mol. The summed E-state index contributed by atoms with van der Waals surface area (Å²) in [5, 5.41) is 3.94. The van der Waals surface area contributed by atoms with E-state index in [1.165, 1.54) is 18.4 Å². The number of aryl methyl sites for hydroxylation is 1. The quantitative estimate of drug-likeness (QED) is 0.714. The standard InChI is InChI=1S/C15H15ClN4O2S/c1-9-18-10-5-3-4-6-11(10)20(9)8-7-17-15-19-13(16)12(23-15)14(21)22-2/h3-6H,7-8H2,1-2H3,(H,17,19). The number of anilines is 1. The molecule has 1 aromatic carbocycles. The average Bonchev–Trinajstić information content (AvgIpc) is 3.07. The molecule has 0 amide bonds. The number of imidazole rings is 1. The Hall–Kier alpha value is -2.12. The molecule has 23 heavy (non-hydrogen) atoms. The first-order valence-corrected chi connectivity index (χ1v) is 8.20. The summed E-state index contributed by atoms with van der Waals surface area (Å²) < 4.78 is 6.80. The van der Waals surface area contributed by atoms with E-state index in [1.807, 2.05) is 31.2 Å². The number of para-hydroxylation sites is 2. The average molecular weight is 351 g/mol. The van der Waals surface area contributed by atoms with Crippen LogP contribution in [0.2, 0.25) is 5.15 Å². The molecule has 1 N–H and O–H groups in total. The Balaban J connectivity index is 1.70. The van der Waals surface area contributed by atoms with Crippen LogP contribution >= 0.6 is 22.9 Å². The Morgan fingerprint density at radius 3 is 2.96 bits per heavy atom. The number of esters is 1. The van der Waals surface area contributed by atoms with Gasteiger partial charge in [-0.3, -0.25) is 0 Å². The third-order valence-electron chi connectivity index (χ3n) is 3.41. The summed E-state index contributed by atoms with van der Waals surface area (Å²) >= 11 is 7.13. The van der Waals surface area contributed by atoms with Gasteiger partial charge in [-0.05, 0) is 19.1 Å². The Labute approximate surface area is 142 Å². The number of fused-ring (bicyclic) bond motifs is 1. The highest BCUT2D eigenvalue weighted by Gasteiger charge is 2.17. The fourth-order valence-electron chi connectivity index (χ4n) is 2.35. The Kier molecular flexibility index (Phi) is 4.49. The summed E-state index contributed by atoms with van der Waals surface area (Å²) in [6.07, 6.45) is 0. The number of thiazole rings is 1. The van der Waals surface area contributed by atoms with Crippen molar-refractivity contribution in [1.82, 2.24) is 14.5 Å². The van der Waals surface area contributed by atoms with Gasteiger partial charge in [-0.25, -0.2) is 14.8 Å². The molecule has 0 aliphatic heterocycles. The highest BCUT2D eigenvalue weighted by molar-refractivity contribution is 7.18. The maximum absolute atomic E-state index is 11.5. The van der Waals surface area contributed by atoms with Gasteiger partial charge in [0.1, 0.15) is 5.82 Å². The molecule has 0 bridgehead atoms. The summed E-state index contributed by atoms with van der Waals surface area (Å²) in [6, 6.07) is 8.01. The summed E-state index contributed by atoms with van der Waals surface area (Å²) in [5.41, 5.74) is 2.08. The lowest BCUT2D eigenvalue weighted by atomic mass is 10.3. The molecule has 0 fully saturated rings. The van der Waals surface area contributed by atoms with E-state index < -0.39 is 5.97 Å². The molecule has 0 saturated heterocycles. The van der Waals surface area contributed by atoms with Crippen molar-refractivity contribution in [3.63, 3.8) is 0 Å². The smallest absolute Gasteiger partial charge is 0.351 e. The van der Waals surface area contributed by atoms with E-state index in [9.17, 15) is 4.79 Å². The van der Waals surface area contributed by atoms with Gasteiger partial charge in [0.2, 0.25) is 0 Å². The van der Waals surface area contributed by atoms with Crippen LogP contribution in [-0.4, -0.2) is 34.2 Å². The number of nitrogens with one attached hydrogen (secondary N) is 1. The van der Waals surface area contributed by atoms with E-state index in [-0.39, 0.29) is 5.15 Å². The number of halogens is 1. The first-order valence-electron chi connectivity index (χ1n) is 7.00. The summed E-state index contributed by atoms with van der Waals surface area (Å²) in [6.45, 7) is 3.36. The number of aromatic nitrogens is 3. The number of carbonyl (C=O) groups excluding carboxylic acids is 1. The molecule has 2 heterocycles. The van der Waals surface area contributed by atoms with Crippen LogP contribution < -0.4 is 5.32 Å². The molecule has 8 heteroatoms. The van der Waals surface area contributed by atoms with Crippen molar-refractivity contribution in [2.75, 3.05) is 19.0 Å². The van der Waals surface area contributed by atoms with Crippen LogP contribution in [0.4, 0.5) is 5.13 Å². The zero-order valence-electron chi connectivity index (χ0n) is 12.7. The lowest BCUT2D eigenvalue weighted by Crippen LogP contribution is -2.11. The number of hydrogen-bond donors (Lipinski definition) is 1. The largest absolute Gasteiger partial charge is 0.465 e. The number of nitrogens with zero attached hydrogens (tertiary/aromatic N) is 3. The van der Waals surface area contributed by atoms with E-state index in [0.717, 1.165) is 23.4 Å². The highest BCUT2D eigenvalue weighted by atomic mass is 35.5. The number of benzene rings is 1. The number of rotatable bonds is 5. The molecule has 2 aromatic heterocycles. The maximum atomic E-state index is 11.5. The molecular weight excluding hydrogens is 336 g/mol. The van der Waals surface area contributed by atoms with Crippen molar-refractivity contribution in [3.8, 4) is 0 Å². The Morgan fingerprint density at radius 1 is 1.39 bits per heavy atom. The second kappa shape index (κ2) is 6.55. The van der Waals surface area contributed by atoms with Crippen molar-refractivity contribution in [3.05, 3.63) is 40.1 Å². The fourth-order valence-corrected chi connectivity index (χ4v) is 3.48. The van der Waals surface area contributed by atoms with Gasteiger partial charge in [-0.2, -0.15) is 0 Å². The Morgan fingerprint density at radius 2 is 2.17 bits per heavy atom. The second-order valence-corrected chi connectivity index (χ2v) is 6.21. The van der Waals surface area contributed by atoms with E-state index in [1.54, 1.807) is 0 Å². The molecule has 0 atom stereocenters. The lowest BCUT2D eigenvalue weighted by molar-refractivity contribution is 0.0606. The molecule has 6 nitrogen and oxygen atoms in total. The van der Waals surface area contributed by atoms with Gasteiger partial charge in [0.15, 0.2) is 15.2 Å². The first kappa shape index (κ1) is 15.8. The minimum Gasteiger partial charge on any atom is -0.465 e. The third-order valence-corrected chi connectivity index (χ3v) is 4.79. The first-order chi connectivity index (χ1) is 11.1. The van der Waals surface area contributed by atoms with Gasteiger partial charge in [0.05, 0.1) is 18.1 Å². The molecular formula is C15H15ClN4O2S. The lowest BCUT2D eigenvalue weighted by Gasteiger charge is -2.07. The summed E-state index contributed by atoms with van der Waals surface area (Å²) in [5.74, 6) is 0.484. The summed E-state index contributed by atoms with van der Waals surface area (Å²) in [7, 11) is 1.32. The highest BCUT2D eigenvalue weighted by Crippen LogP contribution is 2.27. The van der Waals surface area contributed by atoms with Gasteiger partial charge in [0.25, 0.3) is 0 Å². The van der Waals surface area contributed by atoms with Crippen LogP contribution in [0.1, 0.15) is 15.5 Å². The normalized spacial score (nSPS) is 10.9. The van der Waals surface area contributed by atoms with E-state index >= 15 is 0 Å². The zero-order valence-corrected chi connectivity index (χ0v) is 14.2. The fraction of sp³-hybridized carbons (Fsp3) is 0.267. The van der Waals surface area contributed by atoms with Crippen LogP contribution in [0.25, 0.3) is 11.0 Å². The van der Waals surface area contributed by atoms with E-state index in [2.05, 4.69) is 24.6 Å². The molecule has 0 aliphatic carbocycles. The molecule has 120 valence electrons. The minimum absolute atomic E-state index is 0.161. The van der Waals surface area contributed by atoms with Crippen LogP contribution in [0.15, 0.2) is 24.3 Å². The van der Waals surface area contributed by atoms with E-state index in [0.29, 0.717) is 16.6 Å². The van der Waals surface area contributed by atoms with Crippen molar-refractivity contribution in [2.24, 2.45) is 0 Å². The van der Waals surface area contributed by atoms with Crippen LogP contribution in [0, 0.1) is 6.92 Å². The van der Waals surface area contributed by atoms with Gasteiger partial charge >= 0.3 is 5.97 Å². The molecule has 0 aliphatic rings.